The summed E-state index contributed by atoms with van der Waals surface area (Å²) in [4.78, 5) is 14.6. The van der Waals surface area contributed by atoms with E-state index in [0.717, 1.165) is 31.6 Å². The molecule has 17 heavy (non-hydrogen) atoms. The van der Waals surface area contributed by atoms with Gasteiger partial charge in [0.2, 0.25) is 5.91 Å². The lowest BCUT2D eigenvalue weighted by atomic mass is 10.1. The van der Waals surface area contributed by atoms with Crippen LogP contribution in [0.4, 0.5) is 0 Å². The molecule has 1 aliphatic carbocycles. The Labute approximate surface area is 105 Å². The van der Waals surface area contributed by atoms with Crippen LogP contribution in [-0.4, -0.2) is 29.1 Å². The second-order valence-corrected chi connectivity index (χ2v) is 5.64. The molecule has 1 N–H and O–H groups in total. The smallest absolute Gasteiger partial charge is 0.241 e. The third-order valence-electron chi connectivity index (χ3n) is 4.16. The fraction of sp³-hybridized carbons (Fsp3) is 0.929. The van der Waals surface area contributed by atoms with Gasteiger partial charge in [-0.1, -0.05) is 26.7 Å². The molecule has 0 aromatic carbocycles. The number of carbonyl (C=O) groups excluding carboxylic acids is 1. The van der Waals surface area contributed by atoms with Crippen LogP contribution in [0.15, 0.2) is 0 Å². The number of amides is 1. The molecule has 3 nitrogen and oxygen atoms in total. The van der Waals surface area contributed by atoms with E-state index < -0.39 is 0 Å². The molecule has 1 saturated heterocycles. The summed E-state index contributed by atoms with van der Waals surface area (Å²) in [5.41, 5.74) is 0. The van der Waals surface area contributed by atoms with Crippen LogP contribution in [0.3, 0.4) is 0 Å². The zero-order valence-corrected chi connectivity index (χ0v) is 11.4. The topological polar surface area (TPSA) is 32.3 Å². The minimum Gasteiger partial charge on any atom is -0.323 e. The van der Waals surface area contributed by atoms with Gasteiger partial charge in [-0.05, 0) is 38.5 Å². The minimum atomic E-state index is 0.0812. The van der Waals surface area contributed by atoms with Crippen molar-refractivity contribution in [3.63, 3.8) is 0 Å². The number of hydrogen-bond acceptors (Lipinski definition) is 2. The van der Waals surface area contributed by atoms with Crippen LogP contribution in [-0.2, 0) is 4.79 Å². The van der Waals surface area contributed by atoms with E-state index in [2.05, 4.69) is 31.0 Å². The maximum Gasteiger partial charge on any atom is 0.241 e. The monoisotopic (exact) mass is 238 g/mol. The van der Waals surface area contributed by atoms with Gasteiger partial charge in [0.25, 0.3) is 0 Å². The molecule has 0 aromatic rings. The summed E-state index contributed by atoms with van der Waals surface area (Å²) in [5, 5.41) is 3.53. The standard InChI is InChI=1S/C14H26N2O/c1-4-6-12-14(17)16(10(3)11-8-9-11)13(15-12)7-5-2/h10-13,15H,4-9H2,1-3H3. The molecular weight excluding hydrogens is 212 g/mol. The van der Waals surface area contributed by atoms with E-state index in [1.54, 1.807) is 0 Å². The third-order valence-corrected chi connectivity index (χ3v) is 4.16. The first kappa shape index (κ1) is 12.9. The first-order valence-electron chi connectivity index (χ1n) is 7.27. The zero-order chi connectivity index (χ0) is 12.4. The SMILES string of the molecule is CCCC1NC(CCC)N(C(C)C2CC2)C1=O. The lowest BCUT2D eigenvalue weighted by Gasteiger charge is -2.30. The summed E-state index contributed by atoms with van der Waals surface area (Å²) in [6, 6.07) is 0.520. The summed E-state index contributed by atoms with van der Waals surface area (Å²) < 4.78 is 0. The van der Waals surface area contributed by atoms with Crippen LogP contribution < -0.4 is 5.32 Å². The Kier molecular flexibility index (Phi) is 4.08. The molecule has 1 heterocycles. The highest BCUT2D eigenvalue weighted by Gasteiger charge is 2.44. The maximum absolute atomic E-state index is 12.4. The van der Waals surface area contributed by atoms with Crippen LogP contribution in [0.2, 0.25) is 0 Å². The van der Waals surface area contributed by atoms with Crippen molar-refractivity contribution < 1.29 is 4.79 Å². The van der Waals surface area contributed by atoms with E-state index in [1.807, 2.05) is 0 Å². The third kappa shape index (κ3) is 2.65. The highest BCUT2D eigenvalue weighted by Crippen LogP contribution is 2.37. The van der Waals surface area contributed by atoms with Gasteiger partial charge in [0.1, 0.15) is 0 Å². The largest absolute Gasteiger partial charge is 0.323 e. The summed E-state index contributed by atoms with van der Waals surface area (Å²) in [6.07, 6.45) is 7.19. The molecule has 1 saturated carbocycles. The van der Waals surface area contributed by atoms with E-state index >= 15 is 0 Å². The molecule has 1 aliphatic heterocycles. The zero-order valence-electron chi connectivity index (χ0n) is 11.4. The molecule has 3 atom stereocenters. The predicted molar refractivity (Wildman–Crippen MR) is 69.6 cm³/mol. The summed E-state index contributed by atoms with van der Waals surface area (Å²) in [6.45, 7) is 6.57. The highest BCUT2D eigenvalue weighted by atomic mass is 16.2. The second kappa shape index (κ2) is 5.38. The van der Waals surface area contributed by atoms with Gasteiger partial charge < -0.3 is 4.90 Å². The van der Waals surface area contributed by atoms with Crippen molar-refractivity contribution in [3.05, 3.63) is 0 Å². The Hall–Kier alpha value is -0.570. The summed E-state index contributed by atoms with van der Waals surface area (Å²) in [7, 11) is 0. The number of carbonyl (C=O) groups is 1. The van der Waals surface area contributed by atoms with E-state index in [1.165, 1.54) is 12.8 Å². The second-order valence-electron chi connectivity index (χ2n) is 5.64. The van der Waals surface area contributed by atoms with Crippen LogP contribution >= 0.6 is 0 Å². The van der Waals surface area contributed by atoms with Crippen molar-refractivity contribution in [2.75, 3.05) is 0 Å². The molecule has 3 unspecified atom stereocenters. The van der Waals surface area contributed by atoms with E-state index in [-0.39, 0.29) is 6.04 Å². The normalized spacial score (nSPS) is 31.0. The van der Waals surface area contributed by atoms with E-state index in [9.17, 15) is 4.79 Å². The molecule has 3 heteroatoms. The molecule has 2 aliphatic rings. The van der Waals surface area contributed by atoms with Crippen LogP contribution in [0, 0.1) is 5.92 Å². The van der Waals surface area contributed by atoms with Crippen molar-refractivity contribution in [3.8, 4) is 0 Å². The van der Waals surface area contributed by atoms with Crippen molar-refractivity contribution in [1.29, 1.82) is 0 Å². The Bertz CT molecular complexity index is 275. The minimum absolute atomic E-state index is 0.0812. The number of nitrogens with one attached hydrogen (secondary N) is 1. The van der Waals surface area contributed by atoms with Gasteiger partial charge in [-0.2, -0.15) is 0 Å². The Morgan fingerprint density at radius 1 is 1.29 bits per heavy atom. The molecule has 0 bridgehead atoms. The van der Waals surface area contributed by atoms with Crippen LogP contribution in [0.5, 0.6) is 0 Å². The molecule has 2 rings (SSSR count). The molecule has 1 amide bonds. The summed E-state index contributed by atoms with van der Waals surface area (Å²) >= 11 is 0. The average Bonchev–Trinajstić information content (AvgIpc) is 3.08. The predicted octanol–water partition coefficient (Wildman–Crippen LogP) is 2.51. The van der Waals surface area contributed by atoms with Crippen LogP contribution in [0.1, 0.15) is 59.3 Å². The van der Waals surface area contributed by atoms with Gasteiger partial charge in [-0.25, -0.2) is 0 Å². The molecule has 0 radical (unpaired) electrons. The van der Waals surface area contributed by atoms with Crippen molar-refractivity contribution in [1.82, 2.24) is 10.2 Å². The Morgan fingerprint density at radius 2 is 1.94 bits per heavy atom. The maximum atomic E-state index is 12.4. The van der Waals surface area contributed by atoms with Gasteiger partial charge in [0.05, 0.1) is 12.2 Å². The fourth-order valence-electron chi connectivity index (χ4n) is 3.00. The first-order valence-corrected chi connectivity index (χ1v) is 7.27. The van der Waals surface area contributed by atoms with Gasteiger partial charge in [-0.15, -0.1) is 0 Å². The van der Waals surface area contributed by atoms with Gasteiger partial charge in [-0.3, -0.25) is 10.1 Å². The lowest BCUT2D eigenvalue weighted by Crippen LogP contribution is -2.44. The fourth-order valence-corrected chi connectivity index (χ4v) is 3.00. The first-order chi connectivity index (χ1) is 8.19. The molecule has 2 fully saturated rings. The van der Waals surface area contributed by atoms with Crippen molar-refractivity contribution in [2.45, 2.75) is 77.5 Å². The van der Waals surface area contributed by atoms with Crippen molar-refractivity contribution >= 4 is 5.91 Å². The van der Waals surface area contributed by atoms with Gasteiger partial charge >= 0.3 is 0 Å². The molecule has 0 spiro atoms. The summed E-state index contributed by atoms with van der Waals surface area (Å²) in [5.74, 6) is 1.12. The number of nitrogens with zero attached hydrogens (tertiary/aromatic N) is 1. The Balaban J connectivity index is 2.05. The molecule has 98 valence electrons. The highest BCUT2D eigenvalue weighted by molar-refractivity contribution is 5.84. The average molecular weight is 238 g/mol. The van der Waals surface area contributed by atoms with Gasteiger partial charge in [0, 0.05) is 6.04 Å². The lowest BCUT2D eigenvalue weighted by molar-refractivity contribution is -0.132. The van der Waals surface area contributed by atoms with E-state index in [4.69, 9.17) is 0 Å². The molecular formula is C14H26N2O. The number of hydrogen-bond donors (Lipinski definition) is 1. The number of rotatable bonds is 6. The quantitative estimate of drug-likeness (QED) is 0.771. The Morgan fingerprint density at radius 3 is 2.47 bits per heavy atom. The van der Waals surface area contributed by atoms with E-state index in [0.29, 0.717) is 18.1 Å². The van der Waals surface area contributed by atoms with Crippen LogP contribution in [0.25, 0.3) is 0 Å². The van der Waals surface area contributed by atoms with Crippen molar-refractivity contribution in [2.24, 2.45) is 5.92 Å². The van der Waals surface area contributed by atoms with Gasteiger partial charge in [0.15, 0.2) is 0 Å². The molecule has 0 aromatic heterocycles.